The van der Waals surface area contributed by atoms with E-state index in [4.69, 9.17) is 0 Å². The van der Waals surface area contributed by atoms with Gasteiger partial charge in [0, 0.05) is 29.9 Å². The van der Waals surface area contributed by atoms with E-state index in [2.05, 4.69) is 27.1 Å². The molecule has 0 amide bonds. The Kier molecular flexibility index (Phi) is 6.26. The Morgan fingerprint density at radius 3 is 2.46 bits per heavy atom. The minimum Gasteiger partial charge on any atom is -0.372 e. The number of alkyl halides is 3. The summed E-state index contributed by atoms with van der Waals surface area (Å²) in [7, 11) is 0. The molecule has 3 aliphatic heterocycles. The number of aromatic nitrogens is 1. The Morgan fingerprint density at radius 1 is 1.03 bits per heavy atom. The lowest BCUT2D eigenvalue weighted by atomic mass is 9.73. The molecule has 6 nitrogen and oxygen atoms in total. The summed E-state index contributed by atoms with van der Waals surface area (Å²) in [4.78, 5) is 32.3. The van der Waals surface area contributed by atoms with E-state index in [0.29, 0.717) is 17.5 Å². The fourth-order valence-corrected chi connectivity index (χ4v) is 6.19. The Bertz CT molecular complexity index is 1600. The molecule has 39 heavy (non-hydrogen) atoms. The highest BCUT2D eigenvalue weighted by atomic mass is 19.4. The number of anilines is 3. The van der Waals surface area contributed by atoms with Gasteiger partial charge in [0.1, 0.15) is 11.4 Å². The molecule has 200 valence electrons. The van der Waals surface area contributed by atoms with E-state index in [-0.39, 0.29) is 23.5 Å². The number of piperidine rings is 3. The molecule has 3 aliphatic rings. The fourth-order valence-electron chi connectivity index (χ4n) is 6.19. The zero-order valence-electron chi connectivity index (χ0n) is 21.0. The van der Waals surface area contributed by atoms with Gasteiger partial charge in [-0.3, -0.25) is 19.5 Å². The second kappa shape index (κ2) is 9.64. The topological polar surface area (TPSA) is 74.3 Å². The molecule has 5 atom stereocenters. The van der Waals surface area contributed by atoms with Gasteiger partial charge in [-0.15, -0.1) is 6.58 Å². The van der Waals surface area contributed by atoms with Gasteiger partial charge in [0.2, 0.25) is 0 Å². The van der Waals surface area contributed by atoms with Crippen molar-refractivity contribution in [3.8, 4) is 0 Å². The SMILES string of the molecule is C=CC1CN2CC[C@H]1C[C@H]2[C@@H](Nc1c(Nc2ccc(C(F)(F)F)cc2)c(=O)c1=O)c1ccnc2ccccc12. The number of hydrogen-bond acceptors (Lipinski definition) is 6. The third kappa shape index (κ3) is 4.50. The molecule has 0 spiro atoms. The summed E-state index contributed by atoms with van der Waals surface area (Å²) in [5, 5.41) is 7.24. The van der Waals surface area contributed by atoms with Crippen molar-refractivity contribution in [1.29, 1.82) is 0 Å². The van der Waals surface area contributed by atoms with Crippen molar-refractivity contribution in [2.45, 2.75) is 31.1 Å². The van der Waals surface area contributed by atoms with Gasteiger partial charge in [-0.25, -0.2) is 0 Å². The van der Waals surface area contributed by atoms with Gasteiger partial charge in [0.25, 0.3) is 10.9 Å². The lowest BCUT2D eigenvalue weighted by Gasteiger charge is -2.52. The Balaban J connectivity index is 1.37. The van der Waals surface area contributed by atoms with Crippen LogP contribution in [-0.2, 0) is 6.18 Å². The number of nitrogens with one attached hydrogen (secondary N) is 2. The molecular weight excluding hydrogens is 505 g/mol. The number of benzene rings is 2. The first-order valence-corrected chi connectivity index (χ1v) is 13.0. The lowest BCUT2D eigenvalue weighted by molar-refractivity contribution is -0.137. The number of pyridine rings is 1. The Labute approximate surface area is 222 Å². The van der Waals surface area contributed by atoms with Crippen LogP contribution in [0.3, 0.4) is 0 Å². The molecular formula is C30H27F3N4O2. The first kappa shape index (κ1) is 25.3. The highest BCUT2D eigenvalue weighted by Gasteiger charge is 2.43. The molecule has 1 aromatic heterocycles. The highest BCUT2D eigenvalue weighted by Crippen LogP contribution is 2.43. The quantitative estimate of drug-likeness (QED) is 0.237. The van der Waals surface area contributed by atoms with E-state index in [1.165, 1.54) is 12.1 Å². The van der Waals surface area contributed by atoms with Gasteiger partial charge >= 0.3 is 6.18 Å². The van der Waals surface area contributed by atoms with E-state index in [9.17, 15) is 22.8 Å². The highest BCUT2D eigenvalue weighted by molar-refractivity contribution is 5.84. The van der Waals surface area contributed by atoms with Crippen LogP contribution in [0, 0.1) is 11.8 Å². The van der Waals surface area contributed by atoms with Crippen molar-refractivity contribution < 1.29 is 13.2 Å². The van der Waals surface area contributed by atoms with Crippen molar-refractivity contribution in [3.63, 3.8) is 0 Å². The average Bonchev–Trinajstić information content (AvgIpc) is 2.96. The van der Waals surface area contributed by atoms with E-state index in [1.807, 2.05) is 36.4 Å². The van der Waals surface area contributed by atoms with Crippen LogP contribution in [0.25, 0.3) is 10.9 Å². The second-order valence-corrected chi connectivity index (χ2v) is 10.4. The van der Waals surface area contributed by atoms with Crippen molar-refractivity contribution in [2.24, 2.45) is 11.8 Å². The molecule has 0 saturated carbocycles. The molecule has 0 radical (unpaired) electrons. The summed E-state index contributed by atoms with van der Waals surface area (Å²) >= 11 is 0. The monoisotopic (exact) mass is 532 g/mol. The molecule has 2 bridgehead atoms. The van der Waals surface area contributed by atoms with Crippen molar-refractivity contribution in [2.75, 3.05) is 23.7 Å². The summed E-state index contributed by atoms with van der Waals surface area (Å²) in [5.74, 6) is 0.889. The summed E-state index contributed by atoms with van der Waals surface area (Å²) in [5.41, 5.74) is 0.160. The Hall–Kier alpha value is -3.98. The van der Waals surface area contributed by atoms with Gasteiger partial charge in [-0.1, -0.05) is 24.3 Å². The number of rotatable bonds is 7. The summed E-state index contributed by atoms with van der Waals surface area (Å²) in [6.07, 6.45) is 1.30. The predicted octanol–water partition coefficient (Wildman–Crippen LogP) is 5.64. The third-order valence-corrected chi connectivity index (χ3v) is 8.25. The summed E-state index contributed by atoms with van der Waals surface area (Å²) in [6, 6.07) is 13.9. The third-order valence-electron chi connectivity index (χ3n) is 8.25. The molecule has 4 aromatic rings. The van der Waals surface area contributed by atoms with Gasteiger partial charge in [-0.05, 0) is 73.2 Å². The van der Waals surface area contributed by atoms with Crippen molar-refractivity contribution in [3.05, 3.63) is 105 Å². The minimum absolute atomic E-state index is 0.0584. The number of fused-ring (bicyclic) bond motifs is 4. The van der Waals surface area contributed by atoms with Gasteiger partial charge < -0.3 is 10.6 Å². The maximum absolute atomic E-state index is 13.0. The second-order valence-electron chi connectivity index (χ2n) is 10.4. The van der Waals surface area contributed by atoms with Crippen molar-refractivity contribution in [1.82, 2.24) is 9.88 Å². The maximum Gasteiger partial charge on any atom is 0.416 e. The van der Waals surface area contributed by atoms with E-state index in [0.717, 1.165) is 54.5 Å². The van der Waals surface area contributed by atoms with Gasteiger partial charge in [0.15, 0.2) is 0 Å². The lowest BCUT2D eigenvalue weighted by Crippen LogP contribution is -2.56. The first-order valence-electron chi connectivity index (χ1n) is 13.0. The fraction of sp³-hybridized carbons (Fsp3) is 0.300. The van der Waals surface area contributed by atoms with Crippen LogP contribution in [0.1, 0.15) is 30.0 Å². The van der Waals surface area contributed by atoms with E-state index >= 15 is 0 Å². The molecule has 9 heteroatoms. The average molecular weight is 533 g/mol. The standard InChI is InChI=1S/C30H27F3N4O2/c1-2-17-16-37-14-12-18(17)15-24(37)25(22-11-13-34-23-6-4-3-5-21(22)23)36-27-26(28(38)29(27)39)35-20-9-7-19(8-10-20)30(31,32)33/h2-11,13,17-18,24-25,35-36H,1,12,14-16H2/t17?,18-,24-,25-/m0/s1. The zero-order valence-corrected chi connectivity index (χ0v) is 21.0. The van der Waals surface area contributed by atoms with Crippen LogP contribution in [-0.4, -0.2) is 29.0 Å². The molecule has 3 fully saturated rings. The molecule has 3 saturated heterocycles. The predicted molar refractivity (Wildman–Crippen MR) is 146 cm³/mol. The van der Waals surface area contributed by atoms with Crippen LogP contribution >= 0.6 is 0 Å². The smallest absolute Gasteiger partial charge is 0.372 e. The summed E-state index contributed by atoms with van der Waals surface area (Å²) in [6.45, 7) is 5.83. The molecule has 2 unspecified atom stereocenters. The number of para-hydroxylation sites is 1. The van der Waals surface area contributed by atoms with Crippen LogP contribution in [0.2, 0.25) is 0 Å². The zero-order chi connectivity index (χ0) is 27.3. The number of halogens is 3. The minimum atomic E-state index is -4.47. The summed E-state index contributed by atoms with van der Waals surface area (Å²) < 4.78 is 39.0. The molecule has 2 N–H and O–H groups in total. The van der Waals surface area contributed by atoms with Crippen LogP contribution < -0.4 is 21.5 Å². The van der Waals surface area contributed by atoms with Crippen LogP contribution in [0.5, 0.6) is 0 Å². The first-order chi connectivity index (χ1) is 18.7. The number of nitrogens with zero attached hydrogens (tertiary/aromatic N) is 2. The van der Waals surface area contributed by atoms with Crippen LogP contribution in [0.15, 0.2) is 83.0 Å². The van der Waals surface area contributed by atoms with E-state index < -0.39 is 22.6 Å². The van der Waals surface area contributed by atoms with Crippen molar-refractivity contribution >= 4 is 28.0 Å². The Morgan fingerprint density at radius 2 is 1.77 bits per heavy atom. The van der Waals surface area contributed by atoms with Gasteiger partial charge in [0.05, 0.1) is 17.1 Å². The molecule has 4 heterocycles. The van der Waals surface area contributed by atoms with Crippen LogP contribution in [0.4, 0.5) is 30.2 Å². The maximum atomic E-state index is 13.0. The van der Waals surface area contributed by atoms with Gasteiger partial charge in [-0.2, -0.15) is 13.2 Å². The number of hydrogen-bond donors (Lipinski definition) is 2. The van der Waals surface area contributed by atoms with E-state index in [1.54, 1.807) is 6.20 Å². The molecule has 7 rings (SSSR count). The largest absolute Gasteiger partial charge is 0.416 e. The molecule has 0 aliphatic carbocycles. The molecule has 3 aromatic carbocycles. The normalized spacial score (nSPS) is 23.6.